The maximum Gasteiger partial charge on any atom is 0.237 e. The Kier molecular flexibility index (Phi) is 6.44. The van der Waals surface area contributed by atoms with Crippen LogP contribution in [0.3, 0.4) is 0 Å². The molecular formula is C9H20N2O3. The quantitative estimate of drug-likeness (QED) is 0.523. The zero-order valence-electron chi connectivity index (χ0n) is 9.13. The first-order chi connectivity index (χ1) is 6.50. The lowest BCUT2D eigenvalue weighted by atomic mass is 10.1. The van der Waals surface area contributed by atoms with E-state index < -0.39 is 5.54 Å². The van der Waals surface area contributed by atoms with Gasteiger partial charge in [0, 0.05) is 13.7 Å². The molecule has 0 aromatic heterocycles. The van der Waals surface area contributed by atoms with E-state index in [0.717, 1.165) is 0 Å². The lowest BCUT2D eigenvalue weighted by molar-refractivity contribution is -0.123. The second kappa shape index (κ2) is 6.75. The first-order valence-corrected chi connectivity index (χ1v) is 4.62. The summed E-state index contributed by atoms with van der Waals surface area (Å²) in [5.74, 6) is -0.366. The van der Waals surface area contributed by atoms with Crippen LogP contribution in [0.25, 0.3) is 0 Å². The van der Waals surface area contributed by atoms with Crippen LogP contribution in [0.4, 0.5) is 0 Å². The fourth-order valence-corrected chi connectivity index (χ4v) is 0.767. The highest BCUT2D eigenvalue weighted by atomic mass is 16.5. The Bertz CT molecular complexity index is 171. The Morgan fingerprint density at radius 3 is 2.50 bits per heavy atom. The third-order valence-electron chi connectivity index (χ3n) is 1.86. The number of primary amides is 1. The second-order valence-electron chi connectivity index (χ2n) is 3.52. The van der Waals surface area contributed by atoms with E-state index >= 15 is 0 Å². The number of carbonyl (C=O) groups is 1. The molecule has 5 heteroatoms. The Morgan fingerprint density at radius 2 is 2.00 bits per heavy atom. The molecule has 0 rings (SSSR count). The molecule has 0 atom stereocenters. The van der Waals surface area contributed by atoms with Gasteiger partial charge in [-0.15, -0.1) is 0 Å². The van der Waals surface area contributed by atoms with Crippen LogP contribution in [-0.4, -0.2) is 44.9 Å². The average molecular weight is 204 g/mol. The Balaban J connectivity index is 3.40. The van der Waals surface area contributed by atoms with Gasteiger partial charge in [0.2, 0.25) is 5.91 Å². The van der Waals surface area contributed by atoms with Crippen LogP contribution in [-0.2, 0) is 14.3 Å². The van der Waals surface area contributed by atoms with Gasteiger partial charge in [-0.05, 0) is 13.8 Å². The summed E-state index contributed by atoms with van der Waals surface area (Å²) in [5, 5.41) is 2.99. The lowest BCUT2D eigenvalue weighted by Crippen LogP contribution is -2.51. The van der Waals surface area contributed by atoms with Crippen LogP contribution >= 0.6 is 0 Å². The van der Waals surface area contributed by atoms with Crippen molar-refractivity contribution in [3.63, 3.8) is 0 Å². The predicted octanol–water partition coefficient (Wildman–Crippen LogP) is -0.497. The largest absolute Gasteiger partial charge is 0.382 e. The molecule has 0 saturated carbocycles. The molecule has 5 nitrogen and oxygen atoms in total. The van der Waals surface area contributed by atoms with Gasteiger partial charge in [-0.25, -0.2) is 0 Å². The van der Waals surface area contributed by atoms with Gasteiger partial charge in [-0.3, -0.25) is 4.79 Å². The number of nitrogens with two attached hydrogens (primary N) is 1. The smallest absolute Gasteiger partial charge is 0.237 e. The van der Waals surface area contributed by atoms with Gasteiger partial charge < -0.3 is 20.5 Å². The summed E-state index contributed by atoms with van der Waals surface area (Å²) in [4.78, 5) is 10.9. The standard InChI is InChI=1S/C9H20N2O3/c1-9(2,8(10)12)11-4-5-14-7-6-13-3/h11H,4-7H2,1-3H3,(H2,10,12). The molecule has 0 aromatic rings. The van der Waals surface area contributed by atoms with Gasteiger partial charge in [0.15, 0.2) is 0 Å². The minimum absolute atomic E-state index is 0.366. The minimum atomic E-state index is -0.676. The van der Waals surface area contributed by atoms with Crippen LogP contribution < -0.4 is 11.1 Å². The summed E-state index contributed by atoms with van der Waals surface area (Å²) in [6.45, 7) is 5.77. The number of ether oxygens (including phenoxy) is 2. The fourth-order valence-electron chi connectivity index (χ4n) is 0.767. The highest BCUT2D eigenvalue weighted by molar-refractivity contribution is 5.83. The number of hydrogen-bond acceptors (Lipinski definition) is 4. The SMILES string of the molecule is COCCOCCNC(C)(C)C(N)=O. The van der Waals surface area contributed by atoms with E-state index in [2.05, 4.69) is 5.32 Å². The van der Waals surface area contributed by atoms with Crippen molar-refractivity contribution in [3.05, 3.63) is 0 Å². The molecule has 0 aliphatic rings. The van der Waals surface area contributed by atoms with Gasteiger partial charge >= 0.3 is 0 Å². The predicted molar refractivity (Wildman–Crippen MR) is 54.0 cm³/mol. The summed E-state index contributed by atoms with van der Waals surface area (Å²) in [6.07, 6.45) is 0. The van der Waals surface area contributed by atoms with E-state index in [1.165, 1.54) is 0 Å². The van der Waals surface area contributed by atoms with Gasteiger partial charge in [-0.1, -0.05) is 0 Å². The van der Waals surface area contributed by atoms with Gasteiger partial charge in [0.25, 0.3) is 0 Å². The molecule has 0 radical (unpaired) electrons. The lowest BCUT2D eigenvalue weighted by Gasteiger charge is -2.22. The molecule has 0 bridgehead atoms. The normalized spacial score (nSPS) is 11.6. The first kappa shape index (κ1) is 13.4. The monoisotopic (exact) mass is 204 g/mol. The number of methoxy groups -OCH3 is 1. The molecular weight excluding hydrogens is 184 g/mol. The topological polar surface area (TPSA) is 73.6 Å². The van der Waals surface area contributed by atoms with Crippen molar-refractivity contribution >= 4 is 5.91 Å². The maximum atomic E-state index is 10.9. The summed E-state index contributed by atoms with van der Waals surface area (Å²) in [6, 6.07) is 0. The summed E-state index contributed by atoms with van der Waals surface area (Å²) >= 11 is 0. The van der Waals surface area contributed by atoms with E-state index in [9.17, 15) is 4.79 Å². The third-order valence-corrected chi connectivity index (χ3v) is 1.86. The highest BCUT2D eigenvalue weighted by Gasteiger charge is 2.23. The highest BCUT2D eigenvalue weighted by Crippen LogP contribution is 1.98. The summed E-state index contributed by atoms with van der Waals surface area (Å²) < 4.78 is 10.0. The number of hydrogen-bond donors (Lipinski definition) is 2. The fraction of sp³-hybridized carbons (Fsp3) is 0.889. The Morgan fingerprint density at radius 1 is 1.36 bits per heavy atom. The minimum Gasteiger partial charge on any atom is -0.382 e. The molecule has 0 saturated heterocycles. The van der Waals surface area contributed by atoms with Crippen molar-refractivity contribution in [2.45, 2.75) is 19.4 Å². The van der Waals surface area contributed by atoms with Gasteiger partial charge in [0.1, 0.15) is 0 Å². The van der Waals surface area contributed by atoms with Crippen LogP contribution in [0.2, 0.25) is 0 Å². The first-order valence-electron chi connectivity index (χ1n) is 4.62. The van der Waals surface area contributed by atoms with Crippen LogP contribution in [0, 0.1) is 0 Å². The zero-order chi connectivity index (χ0) is 11.0. The molecule has 84 valence electrons. The Labute approximate surface area is 84.9 Å². The second-order valence-corrected chi connectivity index (χ2v) is 3.52. The van der Waals surface area contributed by atoms with Crippen molar-refractivity contribution in [2.75, 3.05) is 33.5 Å². The molecule has 0 spiro atoms. The van der Waals surface area contributed by atoms with Crippen molar-refractivity contribution in [1.29, 1.82) is 0 Å². The molecule has 0 heterocycles. The number of rotatable bonds is 8. The number of carbonyl (C=O) groups excluding carboxylic acids is 1. The van der Waals surface area contributed by atoms with Crippen molar-refractivity contribution in [3.8, 4) is 0 Å². The van der Waals surface area contributed by atoms with Gasteiger partial charge in [-0.2, -0.15) is 0 Å². The van der Waals surface area contributed by atoms with Crippen molar-refractivity contribution in [2.24, 2.45) is 5.73 Å². The zero-order valence-corrected chi connectivity index (χ0v) is 9.13. The molecule has 0 aliphatic carbocycles. The number of nitrogens with one attached hydrogen (secondary N) is 1. The Hall–Kier alpha value is -0.650. The molecule has 0 aromatic carbocycles. The maximum absolute atomic E-state index is 10.9. The van der Waals surface area contributed by atoms with Crippen molar-refractivity contribution < 1.29 is 14.3 Å². The van der Waals surface area contributed by atoms with Gasteiger partial charge in [0.05, 0.1) is 25.4 Å². The van der Waals surface area contributed by atoms with Crippen LogP contribution in [0.1, 0.15) is 13.8 Å². The third kappa shape index (κ3) is 5.90. The molecule has 0 unspecified atom stereocenters. The van der Waals surface area contributed by atoms with Crippen LogP contribution in [0.5, 0.6) is 0 Å². The average Bonchev–Trinajstić information content (AvgIpc) is 2.10. The molecule has 3 N–H and O–H groups in total. The van der Waals surface area contributed by atoms with E-state index in [1.807, 2.05) is 0 Å². The van der Waals surface area contributed by atoms with Crippen LogP contribution in [0.15, 0.2) is 0 Å². The van der Waals surface area contributed by atoms with E-state index in [0.29, 0.717) is 26.4 Å². The molecule has 0 fully saturated rings. The number of amides is 1. The molecule has 0 aliphatic heterocycles. The molecule has 14 heavy (non-hydrogen) atoms. The molecule has 1 amide bonds. The van der Waals surface area contributed by atoms with E-state index in [1.54, 1.807) is 21.0 Å². The van der Waals surface area contributed by atoms with E-state index in [-0.39, 0.29) is 5.91 Å². The van der Waals surface area contributed by atoms with Crippen molar-refractivity contribution in [1.82, 2.24) is 5.32 Å². The summed E-state index contributed by atoms with van der Waals surface area (Å²) in [5.41, 5.74) is 4.49. The summed E-state index contributed by atoms with van der Waals surface area (Å²) in [7, 11) is 1.62. The van der Waals surface area contributed by atoms with E-state index in [4.69, 9.17) is 15.2 Å².